The minimum absolute atomic E-state index is 0.106. The molecule has 1 aliphatic carbocycles. The quantitative estimate of drug-likeness (QED) is 0.0880. The molecule has 0 saturated heterocycles. The largest absolute Gasteiger partial charge is 0.490 e. The Balaban J connectivity index is 1.60. The van der Waals surface area contributed by atoms with Crippen molar-refractivity contribution in [1.29, 1.82) is 0 Å². The summed E-state index contributed by atoms with van der Waals surface area (Å²) < 4.78 is 27.7. The summed E-state index contributed by atoms with van der Waals surface area (Å²) in [7, 11) is 0. The Labute approximate surface area is 336 Å². The molecule has 298 valence electrons. The third-order valence-electron chi connectivity index (χ3n) is 8.65. The van der Waals surface area contributed by atoms with Crippen molar-refractivity contribution in [2.45, 2.75) is 78.6 Å². The second kappa shape index (κ2) is 22.7. The minimum Gasteiger partial charge on any atom is -0.490 e. The van der Waals surface area contributed by atoms with Crippen molar-refractivity contribution >= 4 is 24.1 Å². The molecular formula is C46H50N2O9. The van der Waals surface area contributed by atoms with Crippen LogP contribution in [0.25, 0.3) is 0 Å². The molecule has 0 radical (unpaired) electrons. The summed E-state index contributed by atoms with van der Waals surface area (Å²) in [5.41, 5.74) is 2.09. The van der Waals surface area contributed by atoms with Crippen LogP contribution in [0.2, 0.25) is 0 Å². The summed E-state index contributed by atoms with van der Waals surface area (Å²) in [6, 6.07) is 14.4. The predicted octanol–water partition coefficient (Wildman–Crippen LogP) is 6.23. The van der Waals surface area contributed by atoms with E-state index in [1.807, 2.05) is 38.1 Å². The zero-order valence-corrected chi connectivity index (χ0v) is 33.3. The Hall–Kier alpha value is -6.56. The number of benzene rings is 2. The van der Waals surface area contributed by atoms with Gasteiger partial charge in [0.1, 0.15) is 31.7 Å². The molecule has 3 rings (SSSR count). The summed E-state index contributed by atoms with van der Waals surface area (Å²) in [4.78, 5) is 50.0. The monoisotopic (exact) mass is 774 g/mol. The molecule has 11 heteroatoms. The van der Waals surface area contributed by atoms with Crippen LogP contribution in [-0.4, -0.2) is 68.7 Å². The molecule has 2 aromatic rings. The standard InChI is InChI=1S/C46H50N2O9/c1-8-11-12-13-14-15-16-17-35-22-24-38(25-23-35)53-30-40(31-55-42(50)10-3)57-44(52)48-37-27-45(5,6)32-46(7,28-37)33-47-43(51)56-39(29-54-41(49)9-2)26-36-20-18-34(4)19-21-36/h9-10,18-25,37,39-40H,2-3,26-33H2,1,4-7H3,(H,47,51)(H,48,52). The summed E-state index contributed by atoms with van der Waals surface area (Å²) in [6.07, 6.45) is 1.34. The van der Waals surface area contributed by atoms with E-state index in [1.165, 1.54) is 0 Å². The lowest BCUT2D eigenvalue weighted by Gasteiger charge is -2.46. The van der Waals surface area contributed by atoms with Gasteiger partial charge in [-0.15, -0.1) is 0 Å². The third-order valence-corrected chi connectivity index (χ3v) is 8.65. The Kier molecular flexibility index (Phi) is 17.9. The smallest absolute Gasteiger partial charge is 0.407 e. The Morgan fingerprint density at radius 2 is 1.39 bits per heavy atom. The van der Waals surface area contributed by atoms with E-state index in [1.54, 1.807) is 31.2 Å². The molecule has 0 aromatic heterocycles. The van der Waals surface area contributed by atoms with Crippen LogP contribution in [0.4, 0.5) is 9.59 Å². The summed E-state index contributed by atoms with van der Waals surface area (Å²) in [6.45, 7) is 16.5. The van der Waals surface area contributed by atoms with Crippen LogP contribution >= 0.6 is 0 Å². The van der Waals surface area contributed by atoms with Crippen molar-refractivity contribution in [2.75, 3.05) is 26.4 Å². The van der Waals surface area contributed by atoms with Crippen LogP contribution in [-0.2, 0) is 35.0 Å². The van der Waals surface area contributed by atoms with Gasteiger partial charge in [0.2, 0.25) is 0 Å². The number of ether oxygens (including phenoxy) is 5. The lowest BCUT2D eigenvalue weighted by Crippen LogP contribution is -2.51. The lowest BCUT2D eigenvalue weighted by molar-refractivity contribution is -0.141. The molecule has 2 amide bonds. The molecule has 4 atom stereocenters. The van der Waals surface area contributed by atoms with E-state index in [2.05, 4.69) is 85.0 Å². The molecule has 2 N–H and O–H groups in total. The summed E-state index contributed by atoms with van der Waals surface area (Å²) in [5, 5.41) is 5.86. The second-order valence-corrected chi connectivity index (χ2v) is 14.6. The van der Waals surface area contributed by atoms with Gasteiger partial charge in [0.15, 0.2) is 6.10 Å². The fourth-order valence-electron chi connectivity index (χ4n) is 6.52. The van der Waals surface area contributed by atoms with E-state index < -0.39 is 41.7 Å². The number of hydrogen-bond acceptors (Lipinski definition) is 9. The fraction of sp³-hybridized carbons (Fsp3) is 0.391. The number of carbonyl (C=O) groups is 4. The highest BCUT2D eigenvalue weighted by Crippen LogP contribution is 2.45. The van der Waals surface area contributed by atoms with Crippen LogP contribution in [0, 0.1) is 65.1 Å². The van der Waals surface area contributed by atoms with Crippen LogP contribution in [0.15, 0.2) is 73.8 Å². The number of rotatable bonds is 16. The first kappa shape index (κ1) is 44.8. The van der Waals surface area contributed by atoms with Gasteiger partial charge in [-0.3, -0.25) is 0 Å². The van der Waals surface area contributed by atoms with Gasteiger partial charge in [0.25, 0.3) is 0 Å². The van der Waals surface area contributed by atoms with Gasteiger partial charge in [0.05, 0.1) is 0 Å². The van der Waals surface area contributed by atoms with Gasteiger partial charge < -0.3 is 34.3 Å². The minimum atomic E-state index is -0.944. The molecule has 0 bridgehead atoms. The first-order chi connectivity index (χ1) is 27.2. The van der Waals surface area contributed by atoms with Gasteiger partial charge >= 0.3 is 24.1 Å². The van der Waals surface area contributed by atoms with Gasteiger partial charge in [-0.25, -0.2) is 19.2 Å². The molecule has 1 fully saturated rings. The molecule has 1 aliphatic rings. The number of esters is 2. The normalized spacial score (nSPS) is 17.1. The molecule has 4 unspecified atom stereocenters. The predicted molar refractivity (Wildman–Crippen MR) is 216 cm³/mol. The molecule has 2 aromatic carbocycles. The zero-order chi connectivity index (χ0) is 41.7. The van der Waals surface area contributed by atoms with Crippen LogP contribution in [0.3, 0.4) is 0 Å². The molecular weight excluding hydrogens is 725 g/mol. The van der Waals surface area contributed by atoms with Crippen molar-refractivity contribution in [3.8, 4) is 53.1 Å². The average Bonchev–Trinajstić information content (AvgIpc) is 3.17. The van der Waals surface area contributed by atoms with Gasteiger partial charge in [-0.1, -0.05) is 75.6 Å². The number of aryl methyl sites for hydroxylation is 1. The molecule has 0 aliphatic heterocycles. The Morgan fingerprint density at radius 1 is 0.789 bits per heavy atom. The fourth-order valence-corrected chi connectivity index (χ4v) is 6.52. The van der Waals surface area contributed by atoms with Gasteiger partial charge in [0, 0.05) is 36.7 Å². The summed E-state index contributed by atoms with van der Waals surface area (Å²) in [5.74, 6) is 20.5. The highest BCUT2D eigenvalue weighted by molar-refractivity contribution is 5.81. The molecule has 1 saturated carbocycles. The molecule has 0 heterocycles. The van der Waals surface area contributed by atoms with Crippen molar-refractivity contribution in [1.82, 2.24) is 10.6 Å². The van der Waals surface area contributed by atoms with E-state index in [9.17, 15) is 19.2 Å². The highest BCUT2D eigenvalue weighted by atomic mass is 16.6. The SMILES string of the molecule is C=CC(=O)OCC(Cc1ccc(C)cc1)OC(=O)NCC1(C)CC(NC(=O)OC(COC(=O)C=C)COc2ccc(C#CC#CC#CC#CC)cc2)CC(C)(C)C1. The average molecular weight is 775 g/mol. The van der Waals surface area contributed by atoms with Crippen LogP contribution < -0.4 is 15.4 Å². The van der Waals surface area contributed by atoms with E-state index in [0.29, 0.717) is 30.6 Å². The molecule has 0 spiro atoms. The first-order valence-corrected chi connectivity index (χ1v) is 18.4. The molecule has 57 heavy (non-hydrogen) atoms. The Morgan fingerprint density at radius 3 is 2.02 bits per heavy atom. The van der Waals surface area contributed by atoms with Gasteiger partial charge in [-0.05, 0) is 109 Å². The number of carbonyl (C=O) groups excluding carboxylic acids is 4. The maximum Gasteiger partial charge on any atom is 0.407 e. The number of alkyl carbamates (subject to hydrolysis) is 2. The van der Waals surface area contributed by atoms with Crippen LogP contribution in [0.5, 0.6) is 5.75 Å². The van der Waals surface area contributed by atoms with E-state index in [-0.39, 0.29) is 37.8 Å². The maximum absolute atomic E-state index is 13.3. The number of nitrogens with one attached hydrogen (secondary N) is 2. The van der Waals surface area contributed by atoms with Crippen molar-refractivity contribution in [3.05, 3.63) is 90.5 Å². The van der Waals surface area contributed by atoms with E-state index in [0.717, 1.165) is 29.7 Å². The van der Waals surface area contributed by atoms with Gasteiger partial charge in [-0.2, -0.15) is 0 Å². The van der Waals surface area contributed by atoms with Crippen molar-refractivity contribution < 1.29 is 42.9 Å². The first-order valence-electron chi connectivity index (χ1n) is 18.4. The number of amides is 2. The highest BCUT2D eigenvalue weighted by Gasteiger charge is 2.42. The zero-order valence-electron chi connectivity index (χ0n) is 33.3. The molecule has 11 nitrogen and oxygen atoms in total. The van der Waals surface area contributed by atoms with Crippen LogP contribution in [0.1, 0.15) is 63.6 Å². The topological polar surface area (TPSA) is 138 Å². The van der Waals surface area contributed by atoms with E-state index >= 15 is 0 Å². The summed E-state index contributed by atoms with van der Waals surface area (Å²) >= 11 is 0. The van der Waals surface area contributed by atoms with Crippen molar-refractivity contribution in [2.24, 2.45) is 10.8 Å². The Bertz CT molecular complexity index is 1990. The number of hydrogen-bond donors (Lipinski definition) is 2. The van der Waals surface area contributed by atoms with Crippen molar-refractivity contribution in [3.63, 3.8) is 0 Å². The lowest BCUT2D eigenvalue weighted by atomic mass is 9.62. The second-order valence-electron chi connectivity index (χ2n) is 14.6. The van der Waals surface area contributed by atoms with E-state index in [4.69, 9.17) is 23.7 Å². The third kappa shape index (κ3) is 17.6. The maximum atomic E-state index is 13.3.